The average Bonchev–Trinajstić information content (AvgIpc) is 2.67. The van der Waals surface area contributed by atoms with Crippen LogP contribution in [0.3, 0.4) is 0 Å². The first-order chi connectivity index (χ1) is 13.3. The molecule has 0 bridgehead atoms. The van der Waals surface area contributed by atoms with Crippen LogP contribution in [0.4, 0.5) is 13.2 Å². The quantitative estimate of drug-likeness (QED) is 0.478. The Morgan fingerprint density at radius 3 is 2.46 bits per heavy atom. The van der Waals surface area contributed by atoms with Crippen LogP contribution in [0.15, 0.2) is 59.2 Å². The first-order valence-electron chi connectivity index (χ1n) is 8.32. The number of rotatable bonds is 6. The number of benzene rings is 2. The van der Waals surface area contributed by atoms with E-state index in [4.69, 9.17) is 9.47 Å². The number of alkyl halides is 3. The van der Waals surface area contributed by atoms with E-state index < -0.39 is 12.8 Å². The Bertz CT molecular complexity index is 950. The lowest BCUT2D eigenvalue weighted by atomic mass is 9.97. The highest BCUT2D eigenvalue weighted by molar-refractivity contribution is 9.10. The standard InChI is InChI=1S/C20H16BrF3N2O2/c1-13-15(8-5-9-16(13)14-6-3-2-4-7-14)11-27-19-25-10-17(21)18(26-19)28-12-20(22,23)24/h2-10H,11-12H2,1H3. The summed E-state index contributed by atoms with van der Waals surface area (Å²) >= 11 is 3.07. The van der Waals surface area contributed by atoms with Gasteiger partial charge in [0, 0.05) is 0 Å². The lowest BCUT2D eigenvalue weighted by molar-refractivity contribution is -0.154. The maximum Gasteiger partial charge on any atom is 0.422 e. The van der Waals surface area contributed by atoms with Gasteiger partial charge >= 0.3 is 12.2 Å². The fraction of sp³-hybridized carbons (Fsp3) is 0.200. The number of nitrogens with zero attached hydrogens (tertiary/aromatic N) is 2. The second kappa shape index (κ2) is 8.60. The summed E-state index contributed by atoms with van der Waals surface area (Å²) in [5.41, 5.74) is 4.13. The number of hydrogen-bond donors (Lipinski definition) is 0. The minimum atomic E-state index is -4.46. The van der Waals surface area contributed by atoms with Gasteiger partial charge in [0.1, 0.15) is 6.61 Å². The van der Waals surface area contributed by atoms with Crippen LogP contribution in [0.5, 0.6) is 11.9 Å². The van der Waals surface area contributed by atoms with Crippen LogP contribution in [0.25, 0.3) is 11.1 Å². The summed E-state index contributed by atoms with van der Waals surface area (Å²) in [6, 6.07) is 15.7. The van der Waals surface area contributed by atoms with Crippen LogP contribution in [-0.2, 0) is 6.61 Å². The highest BCUT2D eigenvalue weighted by atomic mass is 79.9. The molecule has 0 saturated carbocycles. The first-order valence-corrected chi connectivity index (χ1v) is 9.11. The Hall–Kier alpha value is -2.61. The SMILES string of the molecule is Cc1c(COc2ncc(Br)c(OCC(F)(F)F)n2)cccc1-c1ccccc1. The lowest BCUT2D eigenvalue weighted by Gasteiger charge is -2.13. The molecule has 0 N–H and O–H groups in total. The van der Waals surface area contributed by atoms with Gasteiger partial charge < -0.3 is 9.47 Å². The first kappa shape index (κ1) is 20.1. The Balaban J connectivity index is 1.74. The Labute approximate surface area is 168 Å². The molecule has 0 radical (unpaired) electrons. The van der Waals surface area contributed by atoms with Crippen LogP contribution in [-0.4, -0.2) is 22.8 Å². The van der Waals surface area contributed by atoms with Crippen molar-refractivity contribution in [1.82, 2.24) is 9.97 Å². The number of halogens is 4. The van der Waals surface area contributed by atoms with Gasteiger partial charge in [-0.05, 0) is 45.1 Å². The van der Waals surface area contributed by atoms with Gasteiger partial charge in [0.25, 0.3) is 0 Å². The maximum absolute atomic E-state index is 12.4. The molecule has 0 spiro atoms. The largest absolute Gasteiger partial charge is 0.467 e. The molecule has 8 heteroatoms. The predicted octanol–water partition coefficient (Wildman–Crippen LogP) is 5.73. The van der Waals surface area contributed by atoms with Crippen molar-refractivity contribution >= 4 is 15.9 Å². The monoisotopic (exact) mass is 452 g/mol. The predicted molar refractivity (Wildman–Crippen MR) is 102 cm³/mol. The van der Waals surface area contributed by atoms with Crippen LogP contribution in [0, 0.1) is 6.92 Å². The zero-order valence-electron chi connectivity index (χ0n) is 14.8. The highest BCUT2D eigenvalue weighted by Gasteiger charge is 2.29. The number of ether oxygens (including phenoxy) is 2. The second-order valence-electron chi connectivity index (χ2n) is 5.95. The fourth-order valence-corrected chi connectivity index (χ4v) is 2.88. The molecule has 3 aromatic rings. The molecule has 0 amide bonds. The summed E-state index contributed by atoms with van der Waals surface area (Å²) in [6.45, 7) is 0.717. The summed E-state index contributed by atoms with van der Waals surface area (Å²) in [7, 11) is 0. The molecular weight excluding hydrogens is 437 g/mol. The molecule has 1 aromatic heterocycles. The molecule has 28 heavy (non-hydrogen) atoms. The van der Waals surface area contributed by atoms with E-state index in [1.807, 2.05) is 55.5 Å². The average molecular weight is 453 g/mol. The smallest absolute Gasteiger partial charge is 0.422 e. The van der Waals surface area contributed by atoms with Crippen LogP contribution in [0.1, 0.15) is 11.1 Å². The van der Waals surface area contributed by atoms with Crippen molar-refractivity contribution in [3.8, 4) is 23.0 Å². The molecule has 2 aromatic carbocycles. The summed E-state index contributed by atoms with van der Waals surface area (Å²) in [6.07, 6.45) is -3.16. The van der Waals surface area contributed by atoms with E-state index in [1.165, 1.54) is 6.20 Å². The molecule has 4 nitrogen and oxygen atoms in total. The zero-order chi connectivity index (χ0) is 20.1. The van der Waals surface area contributed by atoms with Crippen LogP contribution >= 0.6 is 15.9 Å². The van der Waals surface area contributed by atoms with Gasteiger partial charge in [-0.25, -0.2) is 4.98 Å². The summed E-state index contributed by atoms with van der Waals surface area (Å²) in [5, 5.41) is 0. The fourth-order valence-electron chi connectivity index (χ4n) is 2.57. The van der Waals surface area contributed by atoms with Gasteiger partial charge in [-0.2, -0.15) is 18.2 Å². The third-order valence-corrected chi connectivity index (χ3v) is 4.49. The molecule has 0 fully saturated rings. The van der Waals surface area contributed by atoms with E-state index in [-0.39, 0.29) is 23.0 Å². The van der Waals surface area contributed by atoms with Crippen molar-refractivity contribution in [2.45, 2.75) is 19.7 Å². The van der Waals surface area contributed by atoms with Crippen molar-refractivity contribution in [2.75, 3.05) is 6.61 Å². The van der Waals surface area contributed by atoms with Gasteiger partial charge in [0.2, 0.25) is 5.88 Å². The van der Waals surface area contributed by atoms with Gasteiger partial charge in [0.15, 0.2) is 6.61 Å². The van der Waals surface area contributed by atoms with E-state index >= 15 is 0 Å². The number of hydrogen-bond acceptors (Lipinski definition) is 4. The maximum atomic E-state index is 12.4. The molecule has 0 unspecified atom stereocenters. The molecule has 3 rings (SSSR count). The van der Waals surface area contributed by atoms with Crippen molar-refractivity contribution in [3.63, 3.8) is 0 Å². The second-order valence-corrected chi connectivity index (χ2v) is 6.81. The van der Waals surface area contributed by atoms with Crippen LogP contribution < -0.4 is 9.47 Å². The zero-order valence-corrected chi connectivity index (χ0v) is 16.4. The van der Waals surface area contributed by atoms with Crippen LogP contribution in [0.2, 0.25) is 0 Å². The molecular formula is C20H16BrF3N2O2. The van der Waals surface area contributed by atoms with Crippen molar-refractivity contribution in [1.29, 1.82) is 0 Å². The Morgan fingerprint density at radius 2 is 1.75 bits per heavy atom. The molecule has 1 heterocycles. The molecule has 0 saturated heterocycles. The topological polar surface area (TPSA) is 44.2 Å². The molecule has 0 aliphatic rings. The Kier molecular flexibility index (Phi) is 6.18. The highest BCUT2D eigenvalue weighted by Crippen LogP contribution is 2.28. The lowest BCUT2D eigenvalue weighted by Crippen LogP contribution is -2.20. The van der Waals surface area contributed by atoms with Crippen molar-refractivity contribution < 1.29 is 22.6 Å². The molecule has 146 valence electrons. The van der Waals surface area contributed by atoms with Gasteiger partial charge in [-0.1, -0.05) is 48.5 Å². The molecule has 0 aliphatic heterocycles. The number of aromatic nitrogens is 2. The van der Waals surface area contributed by atoms with E-state index in [2.05, 4.69) is 25.9 Å². The van der Waals surface area contributed by atoms with Gasteiger partial charge in [0.05, 0.1) is 10.7 Å². The minimum absolute atomic E-state index is 0.0649. The third kappa shape index (κ3) is 5.22. The van der Waals surface area contributed by atoms with E-state index in [0.717, 1.165) is 22.3 Å². The van der Waals surface area contributed by atoms with Gasteiger partial charge in [-0.15, -0.1) is 0 Å². The van der Waals surface area contributed by atoms with Crippen molar-refractivity contribution in [3.05, 3.63) is 70.3 Å². The third-order valence-electron chi connectivity index (χ3n) is 3.95. The summed E-state index contributed by atoms with van der Waals surface area (Å²) < 4.78 is 47.5. The molecule has 0 aliphatic carbocycles. The van der Waals surface area contributed by atoms with Gasteiger partial charge in [-0.3, -0.25) is 0 Å². The minimum Gasteiger partial charge on any atom is -0.467 e. The van der Waals surface area contributed by atoms with E-state index in [9.17, 15) is 13.2 Å². The summed E-state index contributed by atoms with van der Waals surface area (Å²) in [4.78, 5) is 7.87. The van der Waals surface area contributed by atoms with E-state index in [0.29, 0.717) is 0 Å². The van der Waals surface area contributed by atoms with E-state index in [1.54, 1.807) is 0 Å². The van der Waals surface area contributed by atoms with Crippen molar-refractivity contribution in [2.24, 2.45) is 0 Å². The Morgan fingerprint density at radius 1 is 1.00 bits per heavy atom. The molecule has 0 atom stereocenters. The normalized spacial score (nSPS) is 11.3. The summed E-state index contributed by atoms with van der Waals surface area (Å²) in [5.74, 6) is -0.225.